The fraction of sp³-hybridized carbons (Fsp3) is 0.0169. The molecule has 0 aliphatic heterocycles. The summed E-state index contributed by atoms with van der Waals surface area (Å²) in [6.45, 7) is 0. The molecule has 0 atom stereocenters. The fourth-order valence-electron chi connectivity index (χ4n) is 11.4. The van der Waals surface area contributed by atoms with Crippen LogP contribution >= 0.6 is 0 Å². The molecule has 282 valence electrons. The first-order chi connectivity index (χ1) is 30.3. The van der Waals surface area contributed by atoms with Crippen LogP contribution in [0.1, 0.15) is 22.3 Å². The number of benzene rings is 11. The average molecular weight is 773 g/mol. The molecule has 0 spiro atoms. The van der Waals surface area contributed by atoms with Gasteiger partial charge in [0, 0.05) is 32.9 Å². The minimum absolute atomic E-state index is 0.553. The van der Waals surface area contributed by atoms with Crippen LogP contribution in [0, 0.1) is 0 Å². The molecule has 2 heteroatoms. The van der Waals surface area contributed by atoms with Crippen LogP contribution in [0.15, 0.2) is 218 Å². The molecular formula is C59H36N2. The Balaban J connectivity index is 0.980. The molecule has 0 saturated carbocycles. The second-order valence-corrected chi connectivity index (χ2v) is 16.8. The van der Waals surface area contributed by atoms with Crippen LogP contribution in [0.25, 0.3) is 98.8 Å². The van der Waals surface area contributed by atoms with Crippen molar-refractivity contribution in [3.05, 3.63) is 241 Å². The van der Waals surface area contributed by atoms with Crippen LogP contribution in [-0.4, -0.2) is 9.13 Å². The van der Waals surface area contributed by atoms with Gasteiger partial charge in [-0.05, 0) is 121 Å². The zero-order valence-electron chi connectivity index (χ0n) is 33.2. The molecule has 14 rings (SSSR count). The maximum absolute atomic E-state index is 2.49. The summed E-state index contributed by atoms with van der Waals surface area (Å²) in [6.07, 6.45) is 0. The Bertz CT molecular complexity index is 3670. The average Bonchev–Trinajstić information content (AvgIpc) is 3.96. The van der Waals surface area contributed by atoms with Crippen molar-refractivity contribution < 1.29 is 0 Å². The fourth-order valence-corrected chi connectivity index (χ4v) is 11.4. The van der Waals surface area contributed by atoms with E-state index in [0.29, 0.717) is 0 Å². The maximum atomic E-state index is 2.49. The summed E-state index contributed by atoms with van der Waals surface area (Å²) in [6, 6.07) is 81.7. The molecule has 2 aromatic heterocycles. The molecule has 0 fully saturated rings. The van der Waals surface area contributed by atoms with Gasteiger partial charge >= 0.3 is 0 Å². The van der Waals surface area contributed by atoms with E-state index in [1.54, 1.807) is 0 Å². The van der Waals surface area contributed by atoms with Gasteiger partial charge < -0.3 is 9.13 Å². The molecule has 2 nitrogen and oxygen atoms in total. The molecule has 0 radical (unpaired) electrons. The predicted octanol–water partition coefficient (Wildman–Crippen LogP) is 15.1. The van der Waals surface area contributed by atoms with Crippen LogP contribution in [0.3, 0.4) is 0 Å². The first-order valence-corrected chi connectivity index (χ1v) is 21.3. The van der Waals surface area contributed by atoms with E-state index in [0.717, 1.165) is 0 Å². The number of fused-ring (bicyclic) bond motifs is 3. The summed E-state index contributed by atoms with van der Waals surface area (Å²) in [5.41, 5.74) is 16.8. The Labute approximate surface area is 352 Å². The Kier molecular flexibility index (Phi) is 6.52. The van der Waals surface area contributed by atoms with Gasteiger partial charge in [0.05, 0.1) is 27.5 Å². The van der Waals surface area contributed by atoms with Gasteiger partial charge in [0.25, 0.3) is 0 Å². The summed E-state index contributed by atoms with van der Waals surface area (Å²) >= 11 is 0. The van der Waals surface area contributed by atoms with Crippen LogP contribution in [0.4, 0.5) is 0 Å². The van der Waals surface area contributed by atoms with E-state index in [1.807, 2.05) is 0 Å². The second-order valence-electron chi connectivity index (χ2n) is 16.8. The molecular weight excluding hydrogens is 737 g/mol. The highest BCUT2D eigenvalue weighted by atomic mass is 15.0. The highest BCUT2D eigenvalue weighted by molar-refractivity contribution is 6.25. The Morgan fingerprint density at radius 3 is 1.15 bits per heavy atom. The van der Waals surface area contributed by atoms with Crippen molar-refractivity contribution in [3.63, 3.8) is 0 Å². The number of rotatable bonds is 5. The van der Waals surface area contributed by atoms with E-state index in [2.05, 4.69) is 228 Å². The SMILES string of the molecule is c1ccc(C2(c3ccccc3)c3cc(-c4ccc(-n5c6cccc7ccc8cccc5c8c76)cc4)ccc3-c3ccc(-n4c5cccc6ccc7cccc4c7c65)cc32)cc1. The third kappa shape index (κ3) is 4.31. The van der Waals surface area contributed by atoms with Crippen LogP contribution in [-0.2, 0) is 5.41 Å². The molecule has 1 aliphatic rings. The molecule has 13 aromatic rings. The Morgan fingerprint density at radius 1 is 0.279 bits per heavy atom. The number of nitrogens with zero attached hydrogens (tertiary/aromatic N) is 2. The standard InChI is InChI=1S/C59H36N2/c1-3-15-43(16-4-1)59(44-17-5-2-6-18-44)49-35-42(37-27-30-45(31-28-37)60-51-19-7-11-38-23-24-39-12-8-20-52(60)56(39)55(38)51)29-33-47(49)48-34-32-46(36-50(48)59)61-53-21-9-13-40-25-26-41-14-10-22-54(61)58(41)57(40)53/h1-36H. The lowest BCUT2D eigenvalue weighted by atomic mass is 9.67. The summed E-state index contributed by atoms with van der Waals surface area (Å²) < 4.78 is 4.92. The van der Waals surface area contributed by atoms with Crippen LogP contribution in [0.5, 0.6) is 0 Å². The van der Waals surface area contributed by atoms with Crippen LogP contribution in [0.2, 0.25) is 0 Å². The molecule has 1 aliphatic carbocycles. The summed E-state index contributed by atoms with van der Waals surface area (Å²) in [7, 11) is 0. The van der Waals surface area contributed by atoms with Gasteiger partial charge in [-0.2, -0.15) is 0 Å². The van der Waals surface area contributed by atoms with Crippen molar-refractivity contribution in [1.29, 1.82) is 0 Å². The number of hydrogen-bond donors (Lipinski definition) is 0. The third-order valence-corrected chi connectivity index (χ3v) is 13.9. The zero-order valence-corrected chi connectivity index (χ0v) is 33.2. The highest BCUT2D eigenvalue weighted by Crippen LogP contribution is 2.57. The van der Waals surface area contributed by atoms with Crippen molar-refractivity contribution in [1.82, 2.24) is 9.13 Å². The van der Waals surface area contributed by atoms with E-state index in [1.165, 1.54) is 121 Å². The monoisotopic (exact) mass is 772 g/mol. The summed E-state index contributed by atoms with van der Waals surface area (Å²) in [5, 5.41) is 10.4. The normalized spacial score (nSPS) is 13.4. The third-order valence-electron chi connectivity index (χ3n) is 13.9. The lowest BCUT2D eigenvalue weighted by Crippen LogP contribution is -2.28. The Hall–Kier alpha value is -7.94. The molecule has 0 unspecified atom stereocenters. The van der Waals surface area contributed by atoms with Crippen molar-refractivity contribution in [2.75, 3.05) is 0 Å². The zero-order chi connectivity index (χ0) is 39.8. The first kappa shape index (κ1) is 33.0. The van der Waals surface area contributed by atoms with E-state index in [-0.39, 0.29) is 0 Å². The van der Waals surface area contributed by atoms with Gasteiger partial charge in [0.15, 0.2) is 0 Å². The molecule has 0 N–H and O–H groups in total. The predicted molar refractivity (Wildman–Crippen MR) is 255 cm³/mol. The van der Waals surface area contributed by atoms with E-state index >= 15 is 0 Å². The van der Waals surface area contributed by atoms with Gasteiger partial charge in [0.1, 0.15) is 0 Å². The maximum Gasteiger partial charge on any atom is 0.0714 e. The summed E-state index contributed by atoms with van der Waals surface area (Å²) in [4.78, 5) is 0. The lowest BCUT2D eigenvalue weighted by molar-refractivity contribution is 0.768. The number of aromatic nitrogens is 2. The molecule has 0 bridgehead atoms. The van der Waals surface area contributed by atoms with Crippen molar-refractivity contribution in [2.45, 2.75) is 5.41 Å². The largest absolute Gasteiger partial charge is 0.309 e. The van der Waals surface area contributed by atoms with Crippen molar-refractivity contribution >= 4 is 65.2 Å². The quantitative estimate of drug-likeness (QED) is 0.154. The minimum atomic E-state index is -0.553. The lowest BCUT2D eigenvalue weighted by Gasteiger charge is -2.34. The topological polar surface area (TPSA) is 9.86 Å². The van der Waals surface area contributed by atoms with Gasteiger partial charge in [-0.15, -0.1) is 0 Å². The summed E-state index contributed by atoms with van der Waals surface area (Å²) in [5.74, 6) is 0. The molecule has 61 heavy (non-hydrogen) atoms. The van der Waals surface area contributed by atoms with Crippen LogP contribution < -0.4 is 0 Å². The Morgan fingerprint density at radius 2 is 0.672 bits per heavy atom. The molecule has 11 aromatic carbocycles. The van der Waals surface area contributed by atoms with Gasteiger partial charge in [-0.3, -0.25) is 0 Å². The number of hydrogen-bond acceptors (Lipinski definition) is 0. The van der Waals surface area contributed by atoms with Crippen molar-refractivity contribution in [2.24, 2.45) is 0 Å². The highest BCUT2D eigenvalue weighted by Gasteiger charge is 2.46. The molecule has 0 amide bonds. The molecule has 0 saturated heterocycles. The minimum Gasteiger partial charge on any atom is -0.309 e. The van der Waals surface area contributed by atoms with Gasteiger partial charge in [-0.25, -0.2) is 0 Å². The van der Waals surface area contributed by atoms with Gasteiger partial charge in [-0.1, -0.05) is 164 Å². The smallest absolute Gasteiger partial charge is 0.0714 e. The molecule has 2 heterocycles. The van der Waals surface area contributed by atoms with Gasteiger partial charge in [0.2, 0.25) is 0 Å². The van der Waals surface area contributed by atoms with E-state index in [9.17, 15) is 0 Å². The van der Waals surface area contributed by atoms with E-state index < -0.39 is 5.41 Å². The van der Waals surface area contributed by atoms with Crippen molar-refractivity contribution in [3.8, 4) is 33.6 Å². The first-order valence-electron chi connectivity index (χ1n) is 21.3. The van der Waals surface area contributed by atoms with E-state index in [4.69, 9.17) is 0 Å². The second kappa shape index (κ2) is 12.1.